The lowest BCUT2D eigenvalue weighted by molar-refractivity contribution is 0.0919. The molecule has 0 fully saturated rings. The Kier molecular flexibility index (Phi) is 4.73. The SMILES string of the molecule is O=C(NCc1cccs1)c1ccc(COc2ccc(F)cc2)o1. The molecule has 2 aromatic heterocycles. The highest BCUT2D eigenvalue weighted by Crippen LogP contribution is 2.15. The number of ether oxygens (including phenoxy) is 1. The lowest BCUT2D eigenvalue weighted by Crippen LogP contribution is -2.21. The molecule has 0 saturated carbocycles. The van der Waals surface area contributed by atoms with E-state index in [9.17, 15) is 9.18 Å². The molecule has 2 heterocycles. The number of rotatable bonds is 6. The summed E-state index contributed by atoms with van der Waals surface area (Å²) in [4.78, 5) is 13.1. The molecule has 0 spiro atoms. The minimum atomic E-state index is -0.319. The average molecular weight is 331 g/mol. The number of thiophene rings is 1. The summed E-state index contributed by atoms with van der Waals surface area (Å²) in [7, 11) is 0. The largest absolute Gasteiger partial charge is 0.486 e. The quantitative estimate of drug-likeness (QED) is 0.743. The Bertz CT molecular complexity index is 766. The van der Waals surface area contributed by atoms with E-state index in [2.05, 4.69) is 5.32 Å². The van der Waals surface area contributed by atoms with Gasteiger partial charge in [-0.3, -0.25) is 4.79 Å². The van der Waals surface area contributed by atoms with E-state index in [1.165, 1.54) is 24.3 Å². The fourth-order valence-corrected chi connectivity index (χ4v) is 2.58. The van der Waals surface area contributed by atoms with Gasteiger partial charge in [-0.25, -0.2) is 4.39 Å². The third kappa shape index (κ3) is 4.20. The average Bonchev–Trinajstić information content (AvgIpc) is 3.24. The van der Waals surface area contributed by atoms with E-state index in [-0.39, 0.29) is 24.1 Å². The maximum atomic E-state index is 12.8. The van der Waals surface area contributed by atoms with Crippen molar-refractivity contribution in [3.8, 4) is 5.75 Å². The molecule has 0 atom stereocenters. The number of halogens is 1. The second-order valence-electron chi connectivity index (χ2n) is 4.77. The van der Waals surface area contributed by atoms with Crippen molar-refractivity contribution >= 4 is 17.2 Å². The molecule has 1 N–H and O–H groups in total. The predicted octanol–water partition coefficient (Wildman–Crippen LogP) is 3.99. The fourth-order valence-electron chi connectivity index (χ4n) is 1.93. The molecular formula is C17H14FNO3S. The van der Waals surface area contributed by atoms with Crippen LogP contribution in [0, 0.1) is 5.82 Å². The second kappa shape index (κ2) is 7.11. The molecule has 3 aromatic rings. The summed E-state index contributed by atoms with van der Waals surface area (Å²) in [6, 6.07) is 12.9. The molecule has 6 heteroatoms. The van der Waals surface area contributed by atoms with Gasteiger partial charge in [0, 0.05) is 4.88 Å². The Labute approximate surface area is 136 Å². The van der Waals surface area contributed by atoms with Gasteiger partial charge < -0.3 is 14.5 Å². The molecule has 1 aromatic carbocycles. The van der Waals surface area contributed by atoms with Gasteiger partial charge in [0.25, 0.3) is 5.91 Å². The van der Waals surface area contributed by atoms with Crippen molar-refractivity contribution < 1.29 is 18.3 Å². The molecule has 3 rings (SSSR count). The number of hydrogen-bond donors (Lipinski definition) is 1. The van der Waals surface area contributed by atoms with E-state index >= 15 is 0 Å². The van der Waals surface area contributed by atoms with Crippen molar-refractivity contribution in [2.24, 2.45) is 0 Å². The Hall–Kier alpha value is -2.60. The van der Waals surface area contributed by atoms with Crippen molar-refractivity contribution in [1.82, 2.24) is 5.32 Å². The molecule has 0 aliphatic carbocycles. The molecule has 0 aliphatic rings. The molecule has 0 unspecified atom stereocenters. The molecular weight excluding hydrogens is 317 g/mol. The van der Waals surface area contributed by atoms with Crippen LogP contribution in [0.2, 0.25) is 0 Å². The normalized spacial score (nSPS) is 10.5. The van der Waals surface area contributed by atoms with E-state index in [0.29, 0.717) is 18.1 Å². The van der Waals surface area contributed by atoms with Crippen molar-refractivity contribution in [1.29, 1.82) is 0 Å². The third-order valence-corrected chi connectivity index (χ3v) is 3.96. The number of furan rings is 1. The van der Waals surface area contributed by atoms with E-state index in [4.69, 9.17) is 9.15 Å². The van der Waals surface area contributed by atoms with Crippen LogP contribution >= 0.6 is 11.3 Å². The Balaban J connectivity index is 1.52. The lowest BCUT2D eigenvalue weighted by atomic mass is 10.3. The van der Waals surface area contributed by atoms with Gasteiger partial charge in [0.2, 0.25) is 0 Å². The molecule has 0 radical (unpaired) electrons. The van der Waals surface area contributed by atoms with Crippen LogP contribution in [0.1, 0.15) is 21.2 Å². The Morgan fingerprint density at radius 3 is 2.74 bits per heavy atom. The second-order valence-corrected chi connectivity index (χ2v) is 5.80. The summed E-state index contributed by atoms with van der Waals surface area (Å²) in [5.41, 5.74) is 0. The smallest absolute Gasteiger partial charge is 0.287 e. The van der Waals surface area contributed by atoms with Crippen LogP contribution in [-0.2, 0) is 13.2 Å². The van der Waals surface area contributed by atoms with Crippen molar-refractivity contribution in [2.45, 2.75) is 13.2 Å². The first-order valence-corrected chi connectivity index (χ1v) is 7.86. The highest BCUT2D eigenvalue weighted by Gasteiger charge is 2.11. The maximum Gasteiger partial charge on any atom is 0.287 e. The lowest BCUT2D eigenvalue weighted by Gasteiger charge is -2.04. The number of hydrogen-bond acceptors (Lipinski definition) is 4. The van der Waals surface area contributed by atoms with Crippen LogP contribution in [0.15, 0.2) is 58.3 Å². The Morgan fingerprint density at radius 2 is 2.00 bits per heavy atom. The zero-order valence-electron chi connectivity index (χ0n) is 12.1. The summed E-state index contributed by atoms with van der Waals surface area (Å²) in [6.45, 7) is 0.641. The van der Waals surface area contributed by atoms with Crippen molar-refractivity contribution in [2.75, 3.05) is 0 Å². The Morgan fingerprint density at radius 1 is 1.17 bits per heavy atom. The topological polar surface area (TPSA) is 51.5 Å². The third-order valence-electron chi connectivity index (χ3n) is 3.08. The minimum Gasteiger partial charge on any atom is -0.486 e. The van der Waals surface area contributed by atoms with Crippen LogP contribution in [-0.4, -0.2) is 5.91 Å². The molecule has 4 nitrogen and oxygen atoms in total. The highest BCUT2D eigenvalue weighted by atomic mass is 32.1. The molecule has 118 valence electrons. The van der Waals surface area contributed by atoms with Gasteiger partial charge in [0.15, 0.2) is 5.76 Å². The minimum absolute atomic E-state index is 0.170. The first kappa shape index (κ1) is 15.3. The van der Waals surface area contributed by atoms with Gasteiger partial charge >= 0.3 is 0 Å². The summed E-state index contributed by atoms with van der Waals surface area (Å²) >= 11 is 1.58. The summed E-state index contributed by atoms with van der Waals surface area (Å²) in [6.07, 6.45) is 0. The zero-order chi connectivity index (χ0) is 16.1. The van der Waals surface area contributed by atoms with E-state index in [1.807, 2.05) is 17.5 Å². The molecule has 0 saturated heterocycles. The fraction of sp³-hybridized carbons (Fsp3) is 0.118. The van der Waals surface area contributed by atoms with Crippen LogP contribution in [0.25, 0.3) is 0 Å². The maximum absolute atomic E-state index is 12.8. The highest BCUT2D eigenvalue weighted by molar-refractivity contribution is 7.09. The number of nitrogens with one attached hydrogen (secondary N) is 1. The first-order chi connectivity index (χ1) is 11.2. The summed E-state index contributed by atoms with van der Waals surface area (Å²) < 4.78 is 23.7. The van der Waals surface area contributed by atoms with Crippen LogP contribution in [0.3, 0.4) is 0 Å². The summed E-state index contributed by atoms with van der Waals surface area (Å²) in [5, 5.41) is 4.75. The number of benzene rings is 1. The van der Waals surface area contributed by atoms with E-state index < -0.39 is 0 Å². The molecule has 23 heavy (non-hydrogen) atoms. The van der Waals surface area contributed by atoms with Crippen LogP contribution < -0.4 is 10.1 Å². The van der Waals surface area contributed by atoms with E-state index in [1.54, 1.807) is 23.5 Å². The standard InChI is InChI=1S/C17H14FNO3S/c18-12-3-5-13(6-4-12)21-11-14-7-8-16(22-14)17(20)19-10-15-2-1-9-23-15/h1-9H,10-11H2,(H,19,20). The number of amides is 1. The molecule has 1 amide bonds. The number of carbonyl (C=O) groups excluding carboxylic acids is 1. The van der Waals surface area contributed by atoms with Crippen molar-refractivity contribution in [3.05, 3.63) is 76.1 Å². The monoisotopic (exact) mass is 331 g/mol. The van der Waals surface area contributed by atoms with Gasteiger partial charge in [-0.1, -0.05) is 6.07 Å². The van der Waals surface area contributed by atoms with Crippen molar-refractivity contribution in [3.63, 3.8) is 0 Å². The van der Waals surface area contributed by atoms with E-state index in [0.717, 1.165) is 4.88 Å². The van der Waals surface area contributed by atoms with Gasteiger partial charge in [-0.05, 0) is 47.8 Å². The number of carbonyl (C=O) groups is 1. The van der Waals surface area contributed by atoms with Crippen LogP contribution in [0.4, 0.5) is 4.39 Å². The first-order valence-electron chi connectivity index (χ1n) is 6.98. The van der Waals surface area contributed by atoms with Crippen LogP contribution in [0.5, 0.6) is 5.75 Å². The van der Waals surface area contributed by atoms with Gasteiger partial charge in [-0.2, -0.15) is 0 Å². The van der Waals surface area contributed by atoms with Gasteiger partial charge in [0.05, 0.1) is 6.54 Å². The molecule has 0 aliphatic heterocycles. The van der Waals surface area contributed by atoms with Gasteiger partial charge in [0.1, 0.15) is 23.9 Å². The molecule has 0 bridgehead atoms. The summed E-state index contributed by atoms with van der Waals surface area (Å²) in [5.74, 6) is 0.702. The zero-order valence-corrected chi connectivity index (χ0v) is 12.9. The van der Waals surface area contributed by atoms with Gasteiger partial charge in [-0.15, -0.1) is 11.3 Å². The predicted molar refractivity (Wildman–Crippen MR) is 84.9 cm³/mol.